The van der Waals surface area contributed by atoms with E-state index in [-0.39, 0.29) is 0 Å². The summed E-state index contributed by atoms with van der Waals surface area (Å²) in [6, 6.07) is 0. The van der Waals surface area contributed by atoms with Crippen molar-refractivity contribution in [1.82, 2.24) is 10.2 Å². The van der Waals surface area contributed by atoms with Gasteiger partial charge in [0.2, 0.25) is 0 Å². The smallest absolute Gasteiger partial charge is 0.00446 e. The summed E-state index contributed by atoms with van der Waals surface area (Å²) >= 11 is 0. The molecule has 0 saturated heterocycles. The molecule has 0 fully saturated rings. The van der Waals surface area contributed by atoms with Crippen LogP contribution in [-0.2, 0) is 0 Å². The predicted octanol–water partition coefficient (Wildman–Crippen LogP) is 3.63. The van der Waals surface area contributed by atoms with Gasteiger partial charge in [0.15, 0.2) is 0 Å². The highest BCUT2D eigenvalue weighted by atomic mass is 15.1. The molecule has 0 saturated carbocycles. The van der Waals surface area contributed by atoms with Gasteiger partial charge < -0.3 is 10.2 Å². The number of nitrogens with zero attached hydrogens (tertiary/aromatic N) is 1. The largest absolute Gasteiger partial charge is 0.316 e. The molecule has 0 amide bonds. The van der Waals surface area contributed by atoms with Gasteiger partial charge in [-0.15, -0.1) is 0 Å². The van der Waals surface area contributed by atoms with Gasteiger partial charge in [-0.3, -0.25) is 0 Å². The van der Waals surface area contributed by atoms with E-state index in [4.69, 9.17) is 0 Å². The first-order valence-electron chi connectivity index (χ1n) is 7.47. The first-order chi connectivity index (χ1) is 8.08. The van der Waals surface area contributed by atoms with Crippen LogP contribution in [0.25, 0.3) is 0 Å². The maximum absolute atomic E-state index is 3.62. The molecule has 0 aliphatic carbocycles. The number of hydrogen-bond acceptors (Lipinski definition) is 2. The third-order valence-electron chi connectivity index (χ3n) is 3.35. The van der Waals surface area contributed by atoms with E-state index >= 15 is 0 Å². The maximum atomic E-state index is 3.62. The Morgan fingerprint density at radius 1 is 1.06 bits per heavy atom. The molecule has 18 heavy (non-hydrogen) atoms. The van der Waals surface area contributed by atoms with E-state index in [0.717, 1.165) is 25.6 Å². The molecule has 0 heterocycles. The first-order valence-corrected chi connectivity index (χ1v) is 7.47. The predicted molar refractivity (Wildman–Crippen MR) is 83.1 cm³/mol. The molecule has 0 aromatic heterocycles. The quantitative estimate of drug-likeness (QED) is 0.713. The van der Waals surface area contributed by atoms with Crippen molar-refractivity contribution in [2.75, 3.05) is 33.2 Å². The second kappa shape index (κ2) is 7.49. The maximum Gasteiger partial charge on any atom is 0.00446 e. The zero-order valence-corrected chi connectivity index (χ0v) is 14.1. The fourth-order valence-corrected chi connectivity index (χ4v) is 2.47. The summed E-state index contributed by atoms with van der Waals surface area (Å²) in [4.78, 5) is 2.49. The van der Waals surface area contributed by atoms with E-state index in [1.807, 2.05) is 0 Å². The molecule has 2 nitrogen and oxygen atoms in total. The summed E-state index contributed by atoms with van der Waals surface area (Å²) in [5.41, 5.74) is 0.768. The van der Waals surface area contributed by atoms with Crippen LogP contribution in [0.1, 0.15) is 54.9 Å². The van der Waals surface area contributed by atoms with E-state index in [1.54, 1.807) is 0 Å². The summed E-state index contributed by atoms with van der Waals surface area (Å²) in [5.74, 6) is 0.735. The van der Waals surface area contributed by atoms with E-state index in [1.165, 1.54) is 13.0 Å². The number of hydrogen-bond donors (Lipinski definition) is 1. The topological polar surface area (TPSA) is 15.3 Å². The highest BCUT2D eigenvalue weighted by Gasteiger charge is 2.25. The van der Waals surface area contributed by atoms with Crippen molar-refractivity contribution in [1.29, 1.82) is 0 Å². The summed E-state index contributed by atoms with van der Waals surface area (Å²) in [6.07, 6.45) is 1.23. The third kappa shape index (κ3) is 8.93. The van der Waals surface area contributed by atoms with Crippen molar-refractivity contribution in [3.63, 3.8) is 0 Å². The standard InChI is InChI=1S/C16H36N2/c1-9-16(7,11-17-10-14(2)3)13-18(8)12-15(4,5)6/h14,17H,9-13H2,1-8H3. The van der Waals surface area contributed by atoms with Crippen LogP contribution < -0.4 is 5.32 Å². The number of nitrogens with one attached hydrogen (secondary N) is 1. The van der Waals surface area contributed by atoms with Crippen LogP contribution in [-0.4, -0.2) is 38.1 Å². The molecule has 0 aliphatic rings. The Bertz CT molecular complexity index is 218. The lowest BCUT2D eigenvalue weighted by Crippen LogP contribution is -2.43. The van der Waals surface area contributed by atoms with Crippen molar-refractivity contribution in [3.05, 3.63) is 0 Å². The van der Waals surface area contributed by atoms with Crippen molar-refractivity contribution in [2.45, 2.75) is 54.9 Å². The second-order valence-corrected chi connectivity index (χ2v) is 7.92. The minimum absolute atomic E-state index is 0.384. The van der Waals surface area contributed by atoms with Crippen molar-refractivity contribution in [3.8, 4) is 0 Å². The Balaban J connectivity index is 4.20. The molecule has 110 valence electrons. The van der Waals surface area contributed by atoms with Crippen molar-refractivity contribution in [2.24, 2.45) is 16.7 Å². The second-order valence-electron chi connectivity index (χ2n) is 7.92. The molecule has 0 spiro atoms. The molecule has 0 aromatic rings. The summed E-state index contributed by atoms with van der Waals surface area (Å²) in [7, 11) is 2.25. The monoisotopic (exact) mass is 256 g/mol. The Hall–Kier alpha value is -0.0800. The Morgan fingerprint density at radius 2 is 1.61 bits per heavy atom. The fraction of sp³-hybridized carbons (Fsp3) is 1.00. The Kier molecular flexibility index (Phi) is 7.46. The zero-order chi connectivity index (χ0) is 14.4. The number of rotatable bonds is 8. The van der Waals surface area contributed by atoms with Crippen LogP contribution in [0.4, 0.5) is 0 Å². The van der Waals surface area contributed by atoms with Crippen molar-refractivity contribution < 1.29 is 0 Å². The summed E-state index contributed by atoms with van der Waals surface area (Å²) < 4.78 is 0. The lowest BCUT2D eigenvalue weighted by atomic mass is 9.85. The SMILES string of the molecule is CCC(C)(CNCC(C)C)CN(C)CC(C)(C)C. The molecule has 2 heteroatoms. The molecule has 1 atom stereocenters. The van der Waals surface area contributed by atoms with Gasteiger partial charge in [0.1, 0.15) is 0 Å². The molecule has 0 bridgehead atoms. The van der Waals surface area contributed by atoms with E-state index < -0.39 is 0 Å². The van der Waals surface area contributed by atoms with Gasteiger partial charge in [0, 0.05) is 19.6 Å². The average Bonchev–Trinajstić information content (AvgIpc) is 2.13. The van der Waals surface area contributed by atoms with Gasteiger partial charge in [0.05, 0.1) is 0 Å². The molecule has 1 N–H and O–H groups in total. The van der Waals surface area contributed by atoms with Crippen molar-refractivity contribution >= 4 is 0 Å². The molecule has 0 aliphatic heterocycles. The lowest BCUT2D eigenvalue weighted by molar-refractivity contribution is 0.142. The van der Waals surface area contributed by atoms with Crippen LogP contribution >= 0.6 is 0 Å². The van der Waals surface area contributed by atoms with Crippen LogP contribution in [0, 0.1) is 16.7 Å². The lowest BCUT2D eigenvalue weighted by Gasteiger charge is -2.36. The average molecular weight is 256 g/mol. The van der Waals surface area contributed by atoms with E-state index in [0.29, 0.717) is 10.8 Å². The van der Waals surface area contributed by atoms with Gasteiger partial charge in [-0.05, 0) is 36.8 Å². The third-order valence-corrected chi connectivity index (χ3v) is 3.35. The van der Waals surface area contributed by atoms with Crippen LogP contribution in [0.2, 0.25) is 0 Å². The molecule has 1 unspecified atom stereocenters. The molecule has 0 rings (SSSR count). The Morgan fingerprint density at radius 3 is 2.00 bits per heavy atom. The van der Waals surface area contributed by atoms with Gasteiger partial charge in [-0.2, -0.15) is 0 Å². The minimum atomic E-state index is 0.384. The van der Waals surface area contributed by atoms with Crippen LogP contribution in [0.15, 0.2) is 0 Å². The van der Waals surface area contributed by atoms with Gasteiger partial charge >= 0.3 is 0 Å². The van der Waals surface area contributed by atoms with E-state index in [9.17, 15) is 0 Å². The van der Waals surface area contributed by atoms with Crippen LogP contribution in [0.3, 0.4) is 0 Å². The Labute approximate surface area is 116 Å². The van der Waals surface area contributed by atoms with Gasteiger partial charge in [0.25, 0.3) is 0 Å². The van der Waals surface area contributed by atoms with Gasteiger partial charge in [-0.25, -0.2) is 0 Å². The fourth-order valence-electron chi connectivity index (χ4n) is 2.47. The highest BCUT2D eigenvalue weighted by Crippen LogP contribution is 2.23. The van der Waals surface area contributed by atoms with Crippen LogP contribution in [0.5, 0.6) is 0 Å². The summed E-state index contributed by atoms with van der Waals surface area (Å²) in [5, 5.41) is 3.62. The minimum Gasteiger partial charge on any atom is -0.316 e. The first kappa shape index (κ1) is 17.9. The molecular formula is C16H36N2. The highest BCUT2D eigenvalue weighted by molar-refractivity contribution is 4.80. The normalized spacial score (nSPS) is 16.3. The van der Waals surface area contributed by atoms with E-state index in [2.05, 4.69) is 65.7 Å². The molecular weight excluding hydrogens is 220 g/mol. The molecule has 0 aromatic carbocycles. The molecule has 0 radical (unpaired) electrons. The zero-order valence-electron chi connectivity index (χ0n) is 14.1. The summed E-state index contributed by atoms with van der Waals surface area (Å²) in [6.45, 7) is 20.7. The van der Waals surface area contributed by atoms with Gasteiger partial charge in [-0.1, -0.05) is 48.5 Å².